The highest BCUT2D eigenvalue weighted by molar-refractivity contribution is 6.15. The zero-order valence-corrected chi connectivity index (χ0v) is 11.4. The van der Waals surface area contributed by atoms with Crippen LogP contribution < -0.4 is 0 Å². The minimum atomic E-state index is 0.00833. The fourth-order valence-corrected chi connectivity index (χ4v) is 2.76. The number of hydrogen-bond donors (Lipinski definition) is 0. The third-order valence-electron chi connectivity index (χ3n) is 3.86. The van der Waals surface area contributed by atoms with Crippen molar-refractivity contribution >= 4 is 16.7 Å². The van der Waals surface area contributed by atoms with Crippen molar-refractivity contribution in [3.63, 3.8) is 0 Å². The number of fused-ring (bicyclic) bond motifs is 2. The molecule has 0 N–H and O–H groups in total. The van der Waals surface area contributed by atoms with Gasteiger partial charge in [0.25, 0.3) is 0 Å². The molecule has 0 fully saturated rings. The molecule has 0 amide bonds. The second-order valence-corrected chi connectivity index (χ2v) is 5.19. The van der Waals surface area contributed by atoms with E-state index in [-0.39, 0.29) is 5.78 Å². The number of ether oxygens (including phenoxy) is 1. The van der Waals surface area contributed by atoms with Gasteiger partial charge in [-0.25, -0.2) is 0 Å². The predicted octanol–water partition coefficient (Wildman–Crippen LogP) is 3.50. The lowest BCUT2D eigenvalue weighted by molar-refractivity contribution is 0.104. The highest BCUT2D eigenvalue weighted by Gasteiger charge is 2.17. The topological polar surface area (TPSA) is 39.2 Å². The van der Waals surface area contributed by atoms with Crippen LogP contribution in [0.5, 0.6) is 0 Å². The van der Waals surface area contributed by atoms with Crippen LogP contribution in [-0.4, -0.2) is 10.8 Å². The van der Waals surface area contributed by atoms with E-state index in [1.54, 1.807) is 6.20 Å². The molecule has 3 nitrogen and oxygen atoms in total. The van der Waals surface area contributed by atoms with E-state index in [0.29, 0.717) is 24.3 Å². The fraction of sp³-hybridized carbons (Fsp3) is 0.111. The van der Waals surface area contributed by atoms with Gasteiger partial charge in [0.2, 0.25) is 0 Å². The third kappa shape index (κ3) is 2.03. The Bertz CT molecular complexity index is 849. The molecule has 1 aliphatic rings. The van der Waals surface area contributed by atoms with Crippen LogP contribution in [0.1, 0.15) is 27.0 Å². The number of aromatic nitrogens is 1. The first kappa shape index (κ1) is 12.2. The van der Waals surface area contributed by atoms with Crippen LogP contribution in [0.15, 0.2) is 54.7 Å². The van der Waals surface area contributed by atoms with E-state index in [4.69, 9.17) is 4.74 Å². The number of nitrogens with zero attached hydrogens (tertiary/aromatic N) is 1. The molecule has 0 atom stereocenters. The lowest BCUT2D eigenvalue weighted by atomic mass is 9.97. The SMILES string of the molecule is O=C(c1ccc2c(c1)COC2)c1cccc2cccnc12. The molecule has 0 saturated heterocycles. The molecule has 1 aliphatic heterocycles. The van der Waals surface area contributed by atoms with Crippen molar-refractivity contribution in [2.45, 2.75) is 13.2 Å². The van der Waals surface area contributed by atoms with Gasteiger partial charge in [0.05, 0.1) is 18.7 Å². The number of ketones is 1. The smallest absolute Gasteiger partial charge is 0.195 e. The Labute approximate surface area is 122 Å². The Kier molecular flexibility index (Phi) is 2.79. The summed E-state index contributed by atoms with van der Waals surface area (Å²) < 4.78 is 5.40. The minimum Gasteiger partial charge on any atom is -0.372 e. The Hall–Kier alpha value is -2.52. The zero-order chi connectivity index (χ0) is 14.2. The van der Waals surface area contributed by atoms with Gasteiger partial charge in [0, 0.05) is 22.7 Å². The lowest BCUT2D eigenvalue weighted by Gasteiger charge is -2.06. The quantitative estimate of drug-likeness (QED) is 0.672. The Morgan fingerprint density at radius 1 is 1.00 bits per heavy atom. The number of para-hydroxylation sites is 1. The molecule has 0 radical (unpaired) electrons. The number of pyridine rings is 1. The van der Waals surface area contributed by atoms with E-state index < -0.39 is 0 Å². The van der Waals surface area contributed by atoms with Gasteiger partial charge < -0.3 is 4.74 Å². The summed E-state index contributed by atoms with van der Waals surface area (Å²) in [5.41, 5.74) is 4.36. The molecule has 3 heteroatoms. The van der Waals surface area contributed by atoms with E-state index in [2.05, 4.69) is 4.98 Å². The number of carbonyl (C=O) groups excluding carboxylic acids is 1. The third-order valence-corrected chi connectivity index (χ3v) is 3.86. The summed E-state index contributed by atoms with van der Waals surface area (Å²) >= 11 is 0. The van der Waals surface area contributed by atoms with E-state index in [1.807, 2.05) is 48.5 Å². The molecule has 0 saturated carbocycles. The summed E-state index contributed by atoms with van der Waals surface area (Å²) in [5.74, 6) is 0.00833. The van der Waals surface area contributed by atoms with Crippen LogP contribution in [0.4, 0.5) is 0 Å². The maximum Gasteiger partial charge on any atom is 0.195 e. The summed E-state index contributed by atoms with van der Waals surface area (Å²) in [7, 11) is 0. The lowest BCUT2D eigenvalue weighted by Crippen LogP contribution is -2.04. The summed E-state index contributed by atoms with van der Waals surface area (Å²) in [6.45, 7) is 1.23. The normalized spacial score (nSPS) is 13.3. The molecule has 4 rings (SSSR count). The first-order valence-electron chi connectivity index (χ1n) is 6.91. The second-order valence-electron chi connectivity index (χ2n) is 5.19. The van der Waals surface area contributed by atoms with Gasteiger partial charge in [-0.15, -0.1) is 0 Å². The van der Waals surface area contributed by atoms with Crippen LogP contribution in [0.25, 0.3) is 10.9 Å². The molecule has 1 aromatic heterocycles. The maximum absolute atomic E-state index is 12.8. The van der Waals surface area contributed by atoms with Crippen LogP contribution >= 0.6 is 0 Å². The molecule has 21 heavy (non-hydrogen) atoms. The van der Waals surface area contributed by atoms with Gasteiger partial charge in [-0.2, -0.15) is 0 Å². The average Bonchev–Trinajstić information content (AvgIpc) is 3.01. The highest BCUT2D eigenvalue weighted by atomic mass is 16.5. The Morgan fingerprint density at radius 3 is 2.81 bits per heavy atom. The average molecular weight is 275 g/mol. The van der Waals surface area contributed by atoms with Gasteiger partial charge >= 0.3 is 0 Å². The molecule has 0 spiro atoms. The van der Waals surface area contributed by atoms with Crippen LogP contribution in [0.3, 0.4) is 0 Å². The maximum atomic E-state index is 12.8. The summed E-state index contributed by atoms with van der Waals surface area (Å²) in [6.07, 6.45) is 1.72. The minimum absolute atomic E-state index is 0.00833. The van der Waals surface area contributed by atoms with Crippen molar-refractivity contribution in [3.05, 3.63) is 77.0 Å². The molecule has 2 heterocycles. The number of carbonyl (C=O) groups is 1. The van der Waals surface area contributed by atoms with Gasteiger partial charge in [-0.1, -0.05) is 30.3 Å². The Morgan fingerprint density at radius 2 is 1.86 bits per heavy atom. The first-order chi connectivity index (χ1) is 10.3. The van der Waals surface area contributed by atoms with Crippen molar-refractivity contribution in [2.24, 2.45) is 0 Å². The summed E-state index contributed by atoms with van der Waals surface area (Å²) in [4.78, 5) is 17.1. The number of benzene rings is 2. The molecule has 0 unspecified atom stereocenters. The van der Waals surface area contributed by atoms with Gasteiger partial charge in [0.15, 0.2) is 5.78 Å². The number of hydrogen-bond acceptors (Lipinski definition) is 3. The van der Waals surface area contributed by atoms with Crippen molar-refractivity contribution in [1.29, 1.82) is 0 Å². The first-order valence-corrected chi connectivity index (χ1v) is 6.91. The van der Waals surface area contributed by atoms with Crippen molar-refractivity contribution in [3.8, 4) is 0 Å². The molecular weight excluding hydrogens is 262 g/mol. The molecular formula is C18H13NO2. The van der Waals surface area contributed by atoms with E-state index in [9.17, 15) is 4.79 Å². The van der Waals surface area contributed by atoms with Crippen molar-refractivity contribution < 1.29 is 9.53 Å². The summed E-state index contributed by atoms with van der Waals surface area (Å²) in [6, 6.07) is 15.3. The molecule has 102 valence electrons. The highest BCUT2D eigenvalue weighted by Crippen LogP contribution is 2.24. The van der Waals surface area contributed by atoms with E-state index in [1.165, 1.54) is 5.56 Å². The van der Waals surface area contributed by atoms with Crippen molar-refractivity contribution in [2.75, 3.05) is 0 Å². The van der Waals surface area contributed by atoms with E-state index >= 15 is 0 Å². The van der Waals surface area contributed by atoms with Crippen LogP contribution in [0.2, 0.25) is 0 Å². The second kappa shape index (κ2) is 4.79. The van der Waals surface area contributed by atoms with Crippen LogP contribution in [-0.2, 0) is 18.0 Å². The number of rotatable bonds is 2. The van der Waals surface area contributed by atoms with Gasteiger partial charge in [0.1, 0.15) is 0 Å². The van der Waals surface area contributed by atoms with Gasteiger partial charge in [-0.3, -0.25) is 9.78 Å². The van der Waals surface area contributed by atoms with E-state index in [0.717, 1.165) is 16.5 Å². The molecule has 2 aromatic carbocycles. The monoisotopic (exact) mass is 275 g/mol. The predicted molar refractivity (Wildman–Crippen MR) is 80.1 cm³/mol. The Balaban J connectivity index is 1.83. The molecule has 3 aromatic rings. The standard InChI is InChI=1S/C18H13NO2/c20-18(13-6-7-14-10-21-11-15(14)9-13)16-5-1-3-12-4-2-8-19-17(12)16/h1-9H,10-11H2. The largest absolute Gasteiger partial charge is 0.372 e. The van der Waals surface area contributed by atoms with Crippen molar-refractivity contribution in [1.82, 2.24) is 4.98 Å². The molecule has 0 bridgehead atoms. The van der Waals surface area contributed by atoms with Gasteiger partial charge in [-0.05, 0) is 29.3 Å². The molecule has 0 aliphatic carbocycles. The summed E-state index contributed by atoms with van der Waals surface area (Å²) in [5, 5.41) is 0.979. The van der Waals surface area contributed by atoms with Crippen LogP contribution in [0, 0.1) is 0 Å². The fourth-order valence-electron chi connectivity index (χ4n) is 2.76. The zero-order valence-electron chi connectivity index (χ0n) is 11.4.